The van der Waals surface area contributed by atoms with Crippen LogP contribution in [0.1, 0.15) is 31.4 Å². The van der Waals surface area contributed by atoms with Gasteiger partial charge in [0.05, 0.1) is 0 Å². The summed E-state index contributed by atoms with van der Waals surface area (Å²) in [7, 11) is 0. The number of nitrogens with one attached hydrogen (secondary N) is 1. The Morgan fingerprint density at radius 3 is 2.22 bits per heavy atom. The van der Waals surface area contributed by atoms with E-state index in [4.69, 9.17) is 27.9 Å². The Morgan fingerprint density at radius 1 is 0.972 bits per heavy atom. The Kier molecular flexibility index (Phi) is 10.7. The number of amides is 2. The fourth-order valence-electron chi connectivity index (χ4n) is 3.61. The van der Waals surface area contributed by atoms with Crippen molar-refractivity contribution >= 4 is 50.9 Å². The minimum Gasteiger partial charge on any atom is -0.484 e. The maximum Gasteiger partial charge on any atom is 0.261 e. The van der Waals surface area contributed by atoms with Gasteiger partial charge in [-0.1, -0.05) is 82.5 Å². The largest absolute Gasteiger partial charge is 0.484 e. The van der Waals surface area contributed by atoms with Crippen LogP contribution >= 0.6 is 39.1 Å². The molecular formula is C28H29BrCl2N2O3. The summed E-state index contributed by atoms with van der Waals surface area (Å²) in [6.07, 6.45) is 1.09. The second kappa shape index (κ2) is 13.7. The normalized spacial score (nSPS) is 12.5. The number of rotatable bonds is 11. The lowest BCUT2D eigenvalue weighted by molar-refractivity contribution is -0.143. The zero-order valence-electron chi connectivity index (χ0n) is 20.2. The first-order valence-electron chi connectivity index (χ1n) is 11.7. The average Bonchev–Trinajstić information content (AvgIpc) is 2.87. The number of hydrogen-bond acceptors (Lipinski definition) is 3. The third kappa shape index (κ3) is 7.99. The van der Waals surface area contributed by atoms with Crippen LogP contribution in [0.4, 0.5) is 0 Å². The summed E-state index contributed by atoms with van der Waals surface area (Å²) >= 11 is 16.3. The number of carbonyl (C=O) groups excluding carboxylic acids is 2. The van der Waals surface area contributed by atoms with Crippen LogP contribution in [-0.4, -0.2) is 35.4 Å². The fourth-order valence-corrected chi connectivity index (χ4v) is 4.39. The highest BCUT2D eigenvalue weighted by Gasteiger charge is 2.32. The lowest BCUT2D eigenvalue weighted by Crippen LogP contribution is -2.53. The zero-order chi connectivity index (χ0) is 26.1. The van der Waals surface area contributed by atoms with Crippen LogP contribution in [0.2, 0.25) is 10.0 Å². The predicted octanol–water partition coefficient (Wildman–Crippen LogP) is 6.69. The molecule has 8 heteroatoms. The average molecular weight is 592 g/mol. The third-order valence-electron chi connectivity index (χ3n) is 5.84. The molecule has 0 spiro atoms. The van der Waals surface area contributed by atoms with Crippen molar-refractivity contribution in [3.63, 3.8) is 0 Å². The Balaban J connectivity index is 1.95. The highest BCUT2D eigenvalue weighted by Crippen LogP contribution is 2.27. The van der Waals surface area contributed by atoms with Gasteiger partial charge in [-0.05, 0) is 55.3 Å². The second-order valence-corrected chi connectivity index (χ2v) is 10.2. The molecule has 0 saturated heterocycles. The Morgan fingerprint density at radius 2 is 1.61 bits per heavy atom. The first-order chi connectivity index (χ1) is 17.3. The topological polar surface area (TPSA) is 58.6 Å². The summed E-state index contributed by atoms with van der Waals surface area (Å²) in [6, 6.07) is 21.1. The van der Waals surface area contributed by atoms with Gasteiger partial charge in [0, 0.05) is 39.1 Å². The minimum atomic E-state index is -0.797. The van der Waals surface area contributed by atoms with E-state index in [1.807, 2.05) is 56.3 Å². The Labute approximate surface area is 230 Å². The summed E-state index contributed by atoms with van der Waals surface area (Å²) in [5.41, 5.74) is 1.51. The number of benzene rings is 3. The summed E-state index contributed by atoms with van der Waals surface area (Å²) in [5, 5.41) is 3.89. The van der Waals surface area contributed by atoms with Crippen LogP contribution in [-0.2, 0) is 22.6 Å². The summed E-state index contributed by atoms with van der Waals surface area (Å²) in [4.78, 5) is 28.7. The number of halogens is 3. The van der Waals surface area contributed by atoms with Crippen molar-refractivity contribution in [2.24, 2.45) is 0 Å². The third-order valence-corrected chi connectivity index (χ3v) is 7.08. The quantitative estimate of drug-likeness (QED) is 0.270. The van der Waals surface area contributed by atoms with E-state index >= 15 is 0 Å². The highest BCUT2D eigenvalue weighted by molar-refractivity contribution is 9.10. The van der Waals surface area contributed by atoms with E-state index in [0.29, 0.717) is 27.8 Å². The molecule has 3 aromatic carbocycles. The summed E-state index contributed by atoms with van der Waals surface area (Å²) in [6.45, 7) is 3.75. The summed E-state index contributed by atoms with van der Waals surface area (Å²) < 4.78 is 6.68. The van der Waals surface area contributed by atoms with E-state index < -0.39 is 6.04 Å². The van der Waals surface area contributed by atoms with Crippen LogP contribution in [0.25, 0.3) is 0 Å². The molecule has 0 aromatic heterocycles. The monoisotopic (exact) mass is 590 g/mol. The van der Waals surface area contributed by atoms with Gasteiger partial charge in [0.1, 0.15) is 11.8 Å². The molecule has 1 N–H and O–H groups in total. The van der Waals surface area contributed by atoms with E-state index in [1.165, 1.54) is 4.90 Å². The van der Waals surface area contributed by atoms with Gasteiger partial charge >= 0.3 is 0 Å². The van der Waals surface area contributed by atoms with E-state index in [1.54, 1.807) is 30.3 Å². The molecule has 0 heterocycles. The molecule has 36 heavy (non-hydrogen) atoms. The van der Waals surface area contributed by atoms with Crippen LogP contribution in [0.5, 0.6) is 5.75 Å². The lowest BCUT2D eigenvalue weighted by Gasteiger charge is -2.32. The first kappa shape index (κ1) is 28.0. The van der Waals surface area contributed by atoms with Gasteiger partial charge in [-0.25, -0.2) is 0 Å². The molecule has 0 fully saturated rings. The zero-order valence-corrected chi connectivity index (χ0v) is 23.3. The van der Waals surface area contributed by atoms with Crippen molar-refractivity contribution in [2.45, 2.75) is 45.3 Å². The maximum absolute atomic E-state index is 13.6. The molecule has 0 saturated carbocycles. The van der Waals surface area contributed by atoms with E-state index in [2.05, 4.69) is 21.2 Å². The number of ether oxygens (including phenoxy) is 1. The van der Waals surface area contributed by atoms with Crippen molar-refractivity contribution in [3.8, 4) is 5.75 Å². The van der Waals surface area contributed by atoms with Crippen LogP contribution < -0.4 is 10.1 Å². The van der Waals surface area contributed by atoms with Gasteiger partial charge in [0.2, 0.25) is 5.91 Å². The van der Waals surface area contributed by atoms with Gasteiger partial charge in [-0.3, -0.25) is 9.59 Å². The Bertz CT molecular complexity index is 1140. The molecule has 0 aliphatic heterocycles. The lowest BCUT2D eigenvalue weighted by atomic mass is 10.0. The number of carbonyl (C=O) groups is 2. The maximum atomic E-state index is 13.6. The smallest absolute Gasteiger partial charge is 0.261 e. The Hall–Kier alpha value is -2.54. The van der Waals surface area contributed by atoms with Crippen LogP contribution in [0.3, 0.4) is 0 Å². The molecule has 2 amide bonds. The highest BCUT2D eigenvalue weighted by atomic mass is 79.9. The standard InChI is InChI=1S/C28H29BrCl2N2O3/c1-3-19(2)32-28(35)26(16-20-8-5-4-6-9-20)33(17-23-24(30)10-7-11-25(23)31)27(34)18-36-22-14-12-21(29)13-15-22/h4-15,19,26H,3,16-18H2,1-2H3,(H,32,35)/t19-,26+/m1/s1. The van der Waals surface area contributed by atoms with Gasteiger partial charge in [-0.15, -0.1) is 0 Å². The predicted molar refractivity (Wildman–Crippen MR) is 148 cm³/mol. The first-order valence-corrected chi connectivity index (χ1v) is 13.3. The summed E-state index contributed by atoms with van der Waals surface area (Å²) in [5.74, 6) is -0.0477. The van der Waals surface area contributed by atoms with Crippen molar-refractivity contribution < 1.29 is 14.3 Å². The molecule has 5 nitrogen and oxygen atoms in total. The number of hydrogen-bond donors (Lipinski definition) is 1. The molecule has 0 radical (unpaired) electrons. The minimum absolute atomic E-state index is 0.0457. The molecule has 0 bridgehead atoms. The van der Waals surface area contributed by atoms with E-state index in [0.717, 1.165) is 16.5 Å². The SMILES string of the molecule is CC[C@@H](C)NC(=O)[C@H](Cc1ccccc1)N(Cc1c(Cl)cccc1Cl)C(=O)COc1ccc(Br)cc1. The molecule has 0 unspecified atom stereocenters. The molecule has 190 valence electrons. The van der Waals surface area contributed by atoms with Crippen molar-refractivity contribution in [2.75, 3.05) is 6.61 Å². The van der Waals surface area contributed by atoms with Crippen molar-refractivity contribution in [1.29, 1.82) is 0 Å². The molecule has 2 atom stereocenters. The molecule has 0 aliphatic rings. The second-order valence-electron chi connectivity index (χ2n) is 8.49. The molecule has 0 aliphatic carbocycles. The molecular weight excluding hydrogens is 563 g/mol. The van der Waals surface area contributed by atoms with Gasteiger partial charge in [-0.2, -0.15) is 0 Å². The van der Waals surface area contributed by atoms with Crippen molar-refractivity contribution in [3.05, 3.63) is 98.4 Å². The van der Waals surface area contributed by atoms with Gasteiger partial charge in [0.15, 0.2) is 6.61 Å². The molecule has 3 aromatic rings. The fraction of sp³-hybridized carbons (Fsp3) is 0.286. The number of nitrogens with zero attached hydrogens (tertiary/aromatic N) is 1. The van der Waals surface area contributed by atoms with E-state index in [-0.39, 0.29) is 31.0 Å². The molecule has 3 rings (SSSR count). The van der Waals surface area contributed by atoms with Crippen LogP contribution in [0, 0.1) is 0 Å². The van der Waals surface area contributed by atoms with Crippen molar-refractivity contribution in [1.82, 2.24) is 10.2 Å². The van der Waals surface area contributed by atoms with Gasteiger partial charge in [0.25, 0.3) is 5.91 Å². The van der Waals surface area contributed by atoms with Gasteiger partial charge < -0.3 is 15.0 Å². The van der Waals surface area contributed by atoms with E-state index in [9.17, 15) is 9.59 Å². The van der Waals surface area contributed by atoms with Crippen LogP contribution in [0.15, 0.2) is 77.3 Å².